The normalized spacial score (nSPS) is 35.6. The molecule has 2 aromatic heterocycles. The van der Waals surface area contributed by atoms with Crippen molar-refractivity contribution in [3.05, 3.63) is 19.0 Å². The molecular formula is C35H51N7O5S. The van der Waals surface area contributed by atoms with Gasteiger partial charge in [0.2, 0.25) is 11.9 Å². The number of piperidine rings is 1. The van der Waals surface area contributed by atoms with Crippen LogP contribution >= 0.6 is 11.8 Å². The number of fused-ring (bicyclic) bond motifs is 1. The number of anilines is 2. The second-order valence-electron chi connectivity index (χ2n) is 15.3. The van der Waals surface area contributed by atoms with Gasteiger partial charge < -0.3 is 30.8 Å². The van der Waals surface area contributed by atoms with Crippen LogP contribution in [0.4, 0.5) is 11.8 Å². The Morgan fingerprint density at radius 1 is 1.17 bits per heavy atom. The SMILES string of the molecule is C=C[C@]1(C)C[C@@H](OC(=O)CSC2CCN(C(=O)CCn3cnc4c(N)nc(N)nc43)CC2)[C@]2(C)[C@H](C)CC[C@]3(CCC(=O)[C@@H]32)[C@@H](C)[C@@H]1O. The van der Waals surface area contributed by atoms with Gasteiger partial charge >= 0.3 is 5.97 Å². The van der Waals surface area contributed by atoms with Crippen molar-refractivity contribution in [2.45, 2.75) is 103 Å². The number of ketones is 1. The molecule has 3 heterocycles. The number of rotatable bonds is 8. The van der Waals surface area contributed by atoms with Crippen molar-refractivity contribution >= 4 is 52.4 Å². The number of carbonyl (C=O) groups excluding carboxylic acids is 3. The first-order valence-electron chi connectivity index (χ1n) is 17.4. The molecule has 8 atom stereocenters. The molecule has 2 aromatic rings. The van der Waals surface area contributed by atoms with Crippen LogP contribution in [0.5, 0.6) is 0 Å². The van der Waals surface area contributed by atoms with Crippen molar-refractivity contribution < 1.29 is 24.2 Å². The minimum absolute atomic E-state index is 0.0492. The average Bonchev–Trinajstić information content (AvgIpc) is 3.64. The first-order valence-corrected chi connectivity index (χ1v) is 18.5. The molecule has 0 aromatic carbocycles. The maximum atomic E-state index is 13.6. The summed E-state index contributed by atoms with van der Waals surface area (Å²) in [6.07, 6.45) is 7.67. The van der Waals surface area contributed by atoms with Crippen molar-refractivity contribution in [2.24, 2.45) is 34.0 Å². The Balaban J connectivity index is 1.06. The second-order valence-corrected chi connectivity index (χ2v) is 16.6. The van der Waals surface area contributed by atoms with Crippen molar-refractivity contribution in [2.75, 3.05) is 30.3 Å². The lowest BCUT2D eigenvalue weighted by molar-refractivity contribution is -0.205. The molecule has 1 amide bonds. The van der Waals surface area contributed by atoms with E-state index in [2.05, 4.69) is 42.3 Å². The predicted octanol–water partition coefficient (Wildman–Crippen LogP) is 4.01. The number of aliphatic hydroxyl groups excluding tert-OH is 1. The number of nitrogens with zero attached hydrogens (tertiary/aromatic N) is 5. The standard InChI is InChI=1S/C35H51N7O5S/c1-6-33(4)17-24(34(5)20(2)7-12-35(21(3)29(33)46)13-8-23(43)28(34)35)47-26(45)18-48-22-9-14-41(15-10-22)25(44)11-16-42-19-38-27-30(36)39-32(37)40-31(27)42/h6,19-22,24,28-29,46H,1,7-18H2,2-5H3,(H4,36,37,39,40)/t20-,21+,24-,28-,29+,33-,34+,35+/m1/s1. The van der Waals surface area contributed by atoms with Crippen LogP contribution in [0.15, 0.2) is 19.0 Å². The van der Waals surface area contributed by atoms with E-state index < -0.39 is 23.0 Å². The van der Waals surface area contributed by atoms with Crippen LogP contribution in [-0.2, 0) is 25.7 Å². The quantitative estimate of drug-likeness (QED) is 0.271. The van der Waals surface area contributed by atoms with Crippen molar-refractivity contribution in [3.8, 4) is 0 Å². The van der Waals surface area contributed by atoms with Crippen LogP contribution < -0.4 is 11.5 Å². The fraction of sp³-hybridized carbons (Fsp3) is 0.714. The van der Waals surface area contributed by atoms with Gasteiger partial charge in [-0.2, -0.15) is 9.97 Å². The molecular weight excluding hydrogens is 630 g/mol. The average molecular weight is 682 g/mol. The van der Waals surface area contributed by atoms with Gasteiger partial charge in [-0.05, 0) is 55.8 Å². The lowest BCUT2D eigenvalue weighted by Gasteiger charge is -2.61. The zero-order valence-electron chi connectivity index (χ0n) is 28.7. The molecule has 48 heavy (non-hydrogen) atoms. The molecule has 13 heteroatoms. The van der Waals surface area contributed by atoms with Crippen molar-refractivity contribution in [3.63, 3.8) is 0 Å². The van der Waals surface area contributed by atoms with Crippen LogP contribution in [0.2, 0.25) is 0 Å². The molecule has 1 saturated heterocycles. The van der Waals surface area contributed by atoms with Gasteiger partial charge in [0.1, 0.15) is 17.4 Å². The van der Waals surface area contributed by atoms with Crippen LogP contribution in [0, 0.1) is 34.0 Å². The summed E-state index contributed by atoms with van der Waals surface area (Å²) in [6, 6.07) is 0. The van der Waals surface area contributed by atoms with Gasteiger partial charge in [-0.25, -0.2) is 4.98 Å². The molecule has 5 N–H and O–H groups in total. The third-order valence-electron chi connectivity index (χ3n) is 12.9. The smallest absolute Gasteiger partial charge is 0.316 e. The summed E-state index contributed by atoms with van der Waals surface area (Å²) in [4.78, 5) is 54.6. The highest BCUT2D eigenvalue weighted by molar-refractivity contribution is 8.00. The van der Waals surface area contributed by atoms with Gasteiger partial charge in [-0.3, -0.25) is 14.4 Å². The van der Waals surface area contributed by atoms with Crippen LogP contribution in [0.3, 0.4) is 0 Å². The first kappa shape index (κ1) is 34.7. The molecule has 12 nitrogen and oxygen atoms in total. The number of hydrogen-bond acceptors (Lipinski definition) is 11. The van der Waals surface area contributed by atoms with Gasteiger partial charge in [-0.15, -0.1) is 18.3 Å². The molecule has 2 bridgehead atoms. The molecule has 4 aliphatic rings. The highest BCUT2D eigenvalue weighted by Gasteiger charge is 2.68. The Morgan fingerprint density at radius 3 is 2.60 bits per heavy atom. The fourth-order valence-corrected chi connectivity index (χ4v) is 10.7. The second kappa shape index (κ2) is 12.9. The Hall–Kier alpha value is -3.19. The van der Waals surface area contributed by atoms with Gasteiger partial charge in [0, 0.05) is 54.5 Å². The fourth-order valence-electron chi connectivity index (χ4n) is 9.67. The Kier molecular flexibility index (Phi) is 9.34. The Bertz CT molecular complexity index is 1590. The molecule has 262 valence electrons. The number of hydrogen-bond donors (Lipinski definition) is 3. The van der Waals surface area contributed by atoms with Crippen molar-refractivity contribution in [1.82, 2.24) is 24.4 Å². The number of Topliss-reactive ketones (excluding diaryl/α,β-unsaturated/α-hetero) is 1. The maximum Gasteiger partial charge on any atom is 0.316 e. The number of carbonyl (C=O) groups is 3. The highest BCUT2D eigenvalue weighted by atomic mass is 32.2. The summed E-state index contributed by atoms with van der Waals surface area (Å²) in [5.74, 6) is 0.386. The highest BCUT2D eigenvalue weighted by Crippen LogP contribution is 2.68. The minimum atomic E-state index is -0.685. The van der Waals surface area contributed by atoms with Gasteiger partial charge in [0.25, 0.3) is 0 Å². The number of aliphatic hydroxyl groups is 1. The minimum Gasteiger partial charge on any atom is -0.461 e. The number of imidazole rings is 1. The molecule has 3 saturated carbocycles. The number of ether oxygens (including phenoxy) is 1. The van der Waals surface area contributed by atoms with Gasteiger partial charge in [0.15, 0.2) is 11.5 Å². The van der Waals surface area contributed by atoms with E-state index >= 15 is 0 Å². The summed E-state index contributed by atoms with van der Waals surface area (Å²) in [7, 11) is 0. The zero-order valence-corrected chi connectivity index (χ0v) is 29.5. The third-order valence-corrected chi connectivity index (χ3v) is 14.2. The number of nitrogen functional groups attached to an aromatic ring is 2. The molecule has 3 aliphatic carbocycles. The lowest BCUT2D eigenvalue weighted by atomic mass is 9.44. The largest absolute Gasteiger partial charge is 0.461 e. The van der Waals surface area contributed by atoms with E-state index in [9.17, 15) is 19.5 Å². The summed E-state index contributed by atoms with van der Waals surface area (Å²) in [5.41, 5.74) is 11.1. The van der Waals surface area contributed by atoms with Gasteiger partial charge in [0.05, 0.1) is 18.2 Å². The molecule has 0 unspecified atom stereocenters. The Labute approximate surface area is 286 Å². The van der Waals surface area contributed by atoms with Crippen LogP contribution in [-0.4, -0.2) is 83.5 Å². The lowest BCUT2D eigenvalue weighted by Crippen LogP contribution is -2.63. The van der Waals surface area contributed by atoms with E-state index in [1.807, 2.05) is 17.9 Å². The molecule has 6 rings (SSSR count). The molecule has 0 radical (unpaired) electrons. The third kappa shape index (κ3) is 5.78. The summed E-state index contributed by atoms with van der Waals surface area (Å²) < 4.78 is 8.18. The van der Waals surface area contributed by atoms with E-state index in [1.54, 1.807) is 22.7 Å². The number of amides is 1. The van der Waals surface area contributed by atoms with E-state index in [4.69, 9.17) is 16.2 Å². The number of aromatic nitrogens is 4. The molecule has 1 aliphatic heterocycles. The number of thioether (sulfide) groups is 1. The first-order chi connectivity index (χ1) is 22.7. The summed E-state index contributed by atoms with van der Waals surface area (Å²) >= 11 is 1.58. The predicted molar refractivity (Wildman–Crippen MR) is 185 cm³/mol. The van der Waals surface area contributed by atoms with Crippen LogP contribution in [0.25, 0.3) is 11.2 Å². The monoisotopic (exact) mass is 681 g/mol. The topological polar surface area (TPSA) is 180 Å². The number of likely N-dealkylation sites (tertiary alicyclic amines) is 1. The molecule has 4 fully saturated rings. The van der Waals surface area contributed by atoms with Crippen LogP contribution in [0.1, 0.15) is 79.1 Å². The van der Waals surface area contributed by atoms with E-state index in [0.717, 1.165) is 32.1 Å². The van der Waals surface area contributed by atoms with Gasteiger partial charge in [-0.1, -0.05) is 33.8 Å². The van der Waals surface area contributed by atoms with E-state index in [0.29, 0.717) is 50.1 Å². The number of nitrogens with two attached hydrogens (primary N) is 2. The number of aryl methyl sites for hydroxylation is 1. The zero-order chi connectivity index (χ0) is 34.6. The van der Waals surface area contributed by atoms with E-state index in [1.165, 1.54) is 0 Å². The van der Waals surface area contributed by atoms with E-state index in [-0.39, 0.29) is 63.6 Å². The summed E-state index contributed by atoms with van der Waals surface area (Å²) in [6.45, 7) is 14.2. The summed E-state index contributed by atoms with van der Waals surface area (Å²) in [5, 5.41) is 12.0. The van der Waals surface area contributed by atoms with Crippen molar-refractivity contribution in [1.29, 1.82) is 0 Å². The number of esters is 1. The maximum absolute atomic E-state index is 13.6. The Morgan fingerprint density at radius 2 is 1.90 bits per heavy atom. The molecule has 0 spiro atoms.